The summed E-state index contributed by atoms with van der Waals surface area (Å²) in [5.74, 6) is 0. The van der Waals surface area contributed by atoms with Crippen LogP contribution in [0.1, 0.15) is 33.1 Å². The molecule has 0 saturated carbocycles. The topological polar surface area (TPSA) is 21.3 Å². The molecular formula is C11H23NO. The number of hydrogen-bond donors (Lipinski definition) is 1. The maximum absolute atomic E-state index is 5.68. The van der Waals surface area contributed by atoms with E-state index >= 15 is 0 Å². The van der Waals surface area contributed by atoms with Crippen LogP contribution in [0.25, 0.3) is 0 Å². The van der Waals surface area contributed by atoms with Crippen molar-refractivity contribution in [1.29, 1.82) is 0 Å². The Labute approximate surface area is 82.4 Å². The highest BCUT2D eigenvalue weighted by Gasteiger charge is 2.17. The Kier molecular flexibility index (Phi) is 8.05. The van der Waals surface area contributed by atoms with E-state index in [9.17, 15) is 0 Å². The van der Waals surface area contributed by atoms with Crippen molar-refractivity contribution in [2.24, 2.45) is 0 Å². The van der Waals surface area contributed by atoms with Gasteiger partial charge in [0, 0.05) is 12.6 Å². The molecule has 2 atom stereocenters. The highest BCUT2D eigenvalue weighted by atomic mass is 16.5. The average molecular weight is 185 g/mol. The molecule has 2 nitrogen and oxygen atoms in total. The van der Waals surface area contributed by atoms with Gasteiger partial charge in [0.1, 0.15) is 0 Å². The van der Waals surface area contributed by atoms with Crippen molar-refractivity contribution < 1.29 is 4.74 Å². The number of nitrogens with one attached hydrogen (secondary N) is 1. The fraction of sp³-hybridized carbons (Fsp3) is 0.818. The lowest BCUT2D eigenvalue weighted by Gasteiger charge is -2.25. The summed E-state index contributed by atoms with van der Waals surface area (Å²) in [6.45, 7) is 8.78. The second kappa shape index (κ2) is 8.27. The van der Waals surface area contributed by atoms with Crippen LogP contribution in [0.4, 0.5) is 0 Å². The summed E-state index contributed by atoms with van der Waals surface area (Å²) in [5.41, 5.74) is 0. The van der Waals surface area contributed by atoms with Crippen molar-refractivity contribution in [1.82, 2.24) is 5.32 Å². The minimum atomic E-state index is 0.331. The first-order valence-corrected chi connectivity index (χ1v) is 5.19. The van der Waals surface area contributed by atoms with E-state index < -0.39 is 0 Å². The lowest BCUT2D eigenvalue weighted by molar-refractivity contribution is 0.0307. The quantitative estimate of drug-likeness (QED) is 0.586. The third-order valence-corrected chi connectivity index (χ3v) is 2.19. The average Bonchev–Trinajstić information content (AvgIpc) is 2.14. The fourth-order valence-corrected chi connectivity index (χ4v) is 1.53. The van der Waals surface area contributed by atoms with Crippen molar-refractivity contribution in [3.63, 3.8) is 0 Å². The van der Waals surface area contributed by atoms with Crippen LogP contribution in [0.3, 0.4) is 0 Å². The summed E-state index contributed by atoms with van der Waals surface area (Å²) in [6, 6.07) is 0.414. The molecule has 0 aliphatic heterocycles. The largest absolute Gasteiger partial charge is 0.377 e. The zero-order valence-corrected chi connectivity index (χ0v) is 9.18. The summed E-state index contributed by atoms with van der Waals surface area (Å²) in [6.07, 6.45) is 5.54. The van der Waals surface area contributed by atoms with Crippen LogP contribution in [0.5, 0.6) is 0 Å². The van der Waals surface area contributed by atoms with Crippen LogP contribution >= 0.6 is 0 Å². The predicted molar refractivity (Wildman–Crippen MR) is 58.0 cm³/mol. The minimum absolute atomic E-state index is 0.331. The van der Waals surface area contributed by atoms with Crippen LogP contribution in [-0.2, 0) is 4.74 Å². The molecule has 0 heterocycles. The van der Waals surface area contributed by atoms with E-state index in [1.165, 1.54) is 6.42 Å². The maximum atomic E-state index is 5.68. The number of rotatable bonds is 8. The van der Waals surface area contributed by atoms with Gasteiger partial charge in [-0.2, -0.15) is 0 Å². The highest BCUT2D eigenvalue weighted by Crippen LogP contribution is 2.10. The summed E-state index contributed by atoms with van der Waals surface area (Å²) in [7, 11) is 1.98. The molecule has 0 amide bonds. The molecule has 2 unspecified atom stereocenters. The van der Waals surface area contributed by atoms with Crippen molar-refractivity contribution >= 4 is 0 Å². The van der Waals surface area contributed by atoms with Gasteiger partial charge in [-0.3, -0.25) is 0 Å². The highest BCUT2D eigenvalue weighted by molar-refractivity contribution is 4.83. The van der Waals surface area contributed by atoms with Crippen molar-refractivity contribution in [2.45, 2.75) is 45.3 Å². The Balaban J connectivity index is 4.02. The van der Waals surface area contributed by atoms with E-state index in [0.29, 0.717) is 12.1 Å². The molecule has 0 aromatic heterocycles. The molecule has 0 aliphatic rings. The molecule has 0 saturated heterocycles. The van der Waals surface area contributed by atoms with Gasteiger partial charge in [0.25, 0.3) is 0 Å². The van der Waals surface area contributed by atoms with Gasteiger partial charge in [0.05, 0.1) is 6.10 Å². The van der Waals surface area contributed by atoms with Gasteiger partial charge in [-0.15, -0.1) is 6.58 Å². The molecule has 13 heavy (non-hydrogen) atoms. The molecule has 0 fully saturated rings. The molecule has 0 rings (SSSR count). The van der Waals surface area contributed by atoms with E-state index in [1.54, 1.807) is 0 Å². The van der Waals surface area contributed by atoms with E-state index in [2.05, 4.69) is 18.8 Å². The Morgan fingerprint density at radius 1 is 1.46 bits per heavy atom. The molecule has 0 aliphatic carbocycles. The lowest BCUT2D eigenvalue weighted by atomic mass is 10.0. The van der Waals surface area contributed by atoms with Gasteiger partial charge in [-0.1, -0.05) is 19.4 Å². The second-order valence-electron chi connectivity index (χ2n) is 3.20. The summed E-state index contributed by atoms with van der Waals surface area (Å²) in [4.78, 5) is 0. The molecule has 2 heteroatoms. The monoisotopic (exact) mass is 185 g/mol. The Hall–Kier alpha value is -0.340. The second-order valence-corrected chi connectivity index (χ2v) is 3.20. The number of hydrogen-bond acceptors (Lipinski definition) is 2. The Bertz CT molecular complexity index is 119. The summed E-state index contributed by atoms with van der Waals surface area (Å²) in [5, 5.41) is 3.28. The molecule has 0 aromatic rings. The van der Waals surface area contributed by atoms with Gasteiger partial charge in [0.15, 0.2) is 0 Å². The van der Waals surface area contributed by atoms with E-state index in [-0.39, 0.29) is 0 Å². The third kappa shape index (κ3) is 5.06. The van der Waals surface area contributed by atoms with E-state index in [4.69, 9.17) is 4.74 Å². The van der Waals surface area contributed by atoms with Gasteiger partial charge in [0.2, 0.25) is 0 Å². The molecule has 0 radical (unpaired) electrons. The fourth-order valence-electron chi connectivity index (χ4n) is 1.53. The van der Waals surface area contributed by atoms with Gasteiger partial charge in [-0.25, -0.2) is 0 Å². The van der Waals surface area contributed by atoms with Crippen LogP contribution < -0.4 is 5.32 Å². The van der Waals surface area contributed by atoms with Crippen LogP contribution in [0.15, 0.2) is 12.7 Å². The van der Waals surface area contributed by atoms with E-state index in [1.807, 2.05) is 20.0 Å². The van der Waals surface area contributed by atoms with Gasteiger partial charge < -0.3 is 10.1 Å². The first-order chi connectivity index (χ1) is 6.29. The van der Waals surface area contributed by atoms with Gasteiger partial charge >= 0.3 is 0 Å². The molecule has 1 N–H and O–H groups in total. The first kappa shape index (κ1) is 12.7. The zero-order valence-electron chi connectivity index (χ0n) is 9.18. The lowest BCUT2D eigenvalue weighted by Crippen LogP contribution is -2.39. The molecular weight excluding hydrogens is 162 g/mol. The smallest absolute Gasteiger partial charge is 0.0730 e. The van der Waals surface area contributed by atoms with E-state index in [0.717, 1.165) is 19.4 Å². The normalized spacial score (nSPS) is 15.3. The van der Waals surface area contributed by atoms with Crippen molar-refractivity contribution in [3.05, 3.63) is 12.7 Å². The number of likely N-dealkylation sites (N-methyl/N-ethyl adjacent to an activating group) is 1. The first-order valence-electron chi connectivity index (χ1n) is 5.19. The standard InChI is InChI=1S/C11H23NO/c1-5-8-10(12-4)11(9-6-2)13-7-3/h5,10-12H,1,6-9H2,2-4H3. The van der Waals surface area contributed by atoms with Gasteiger partial charge in [-0.05, 0) is 26.8 Å². The molecule has 0 bridgehead atoms. The van der Waals surface area contributed by atoms with Crippen LogP contribution in [0, 0.1) is 0 Å². The summed E-state index contributed by atoms with van der Waals surface area (Å²) >= 11 is 0. The predicted octanol–water partition coefficient (Wildman–Crippen LogP) is 2.36. The van der Waals surface area contributed by atoms with Crippen LogP contribution in [0.2, 0.25) is 0 Å². The molecule has 0 aromatic carbocycles. The zero-order chi connectivity index (χ0) is 10.1. The Morgan fingerprint density at radius 2 is 2.15 bits per heavy atom. The SMILES string of the molecule is C=CCC(NC)C(CCC)OCC. The summed E-state index contributed by atoms with van der Waals surface area (Å²) < 4.78 is 5.68. The van der Waals surface area contributed by atoms with Crippen molar-refractivity contribution in [2.75, 3.05) is 13.7 Å². The van der Waals surface area contributed by atoms with Crippen LogP contribution in [-0.4, -0.2) is 25.8 Å². The molecule has 0 spiro atoms. The minimum Gasteiger partial charge on any atom is -0.377 e. The third-order valence-electron chi connectivity index (χ3n) is 2.19. The van der Waals surface area contributed by atoms with Crippen molar-refractivity contribution in [3.8, 4) is 0 Å². The maximum Gasteiger partial charge on any atom is 0.0730 e. The number of ether oxygens (including phenoxy) is 1. The molecule has 78 valence electrons. The Morgan fingerprint density at radius 3 is 2.54 bits per heavy atom.